The maximum Gasteiger partial charge on any atom is 0.296 e. The van der Waals surface area contributed by atoms with E-state index in [1.165, 1.54) is 39.3 Å². The minimum Gasteiger partial charge on any atom is -0.503 e. The number of carbonyl (C=O) groups is 2. The Hall–Kier alpha value is -3.54. The molecule has 1 atom stereocenters. The van der Waals surface area contributed by atoms with Crippen molar-refractivity contribution < 1.29 is 19.4 Å². The van der Waals surface area contributed by atoms with E-state index in [0.717, 1.165) is 23.4 Å². The summed E-state index contributed by atoms with van der Waals surface area (Å²) in [5.74, 6) is -0.306. The lowest BCUT2D eigenvalue weighted by Gasteiger charge is -2.24. The molecule has 8 nitrogen and oxygen atoms in total. The fourth-order valence-electron chi connectivity index (χ4n) is 4.37. The molecule has 2 aromatic heterocycles. The lowest BCUT2D eigenvalue weighted by atomic mass is 9.95. The fraction of sp³-hybridized carbons (Fsp3) is 0.276. The number of aliphatic hydroxyl groups is 1. The first-order chi connectivity index (χ1) is 19.4. The van der Waals surface area contributed by atoms with Gasteiger partial charge >= 0.3 is 0 Å². The Bertz CT molecular complexity index is 1550. The van der Waals surface area contributed by atoms with Gasteiger partial charge in [0.2, 0.25) is 10.9 Å². The lowest BCUT2D eigenvalue weighted by Crippen LogP contribution is -2.31. The van der Waals surface area contributed by atoms with Crippen LogP contribution in [0.15, 0.2) is 70.3 Å². The molecular formula is C29H28N4O4S3. The molecule has 0 bridgehead atoms. The zero-order valence-electron chi connectivity index (χ0n) is 22.3. The number of ketones is 1. The molecule has 3 heterocycles. The van der Waals surface area contributed by atoms with Gasteiger partial charge in [-0.3, -0.25) is 14.5 Å². The van der Waals surface area contributed by atoms with Gasteiger partial charge in [-0.05, 0) is 43.5 Å². The van der Waals surface area contributed by atoms with Crippen LogP contribution in [0.4, 0.5) is 5.13 Å². The smallest absolute Gasteiger partial charge is 0.296 e. The van der Waals surface area contributed by atoms with Gasteiger partial charge in [0, 0.05) is 5.75 Å². The number of benzene rings is 2. The van der Waals surface area contributed by atoms with Crippen LogP contribution in [0, 0.1) is 13.8 Å². The molecule has 0 aliphatic carbocycles. The van der Waals surface area contributed by atoms with Crippen molar-refractivity contribution in [3.05, 3.63) is 92.6 Å². The molecule has 4 aromatic rings. The summed E-state index contributed by atoms with van der Waals surface area (Å²) in [6.45, 7) is 6.27. The molecule has 1 aliphatic rings. The lowest BCUT2D eigenvalue weighted by molar-refractivity contribution is -0.117. The van der Waals surface area contributed by atoms with Gasteiger partial charge in [0.25, 0.3) is 5.91 Å². The van der Waals surface area contributed by atoms with Crippen LogP contribution in [0.5, 0.6) is 5.75 Å². The molecule has 0 saturated heterocycles. The predicted molar refractivity (Wildman–Crippen MR) is 159 cm³/mol. The van der Waals surface area contributed by atoms with E-state index < -0.39 is 23.5 Å². The van der Waals surface area contributed by atoms with Crippen molar-refractivity contribution >= 4 is 51.3 Å². The number of aliphatic hydroxyl groups excluding tert-OH is 1. The standard InChI is InChI=1S/C29H28N4O4S3/c1-4-5-15-37-21-13-11-20(12-14-21)23-22(24(34)26-17(2)30-18(3)39-26)25(35)27(36)33(23)28-31-32-29(40-28)38-16-19-9-7-6-8-10-19/h6-14,23,35H,4-5,15-16H2,1-3H3. The average Bonchev–Trinajstić information content (AvgIpc) is 3.64. The number of aromatic nitrogens is 3. The van der Waals surface area contributed by atoms with Crippen LogP contribution < -0.4 is 9.64 Å². The zero-order valence-corrected chi connectivity index (χ0v) is 24.7. The largest absolute Gasteiger partial charge is 0.503 e. The Kier molecular flexibility index (Phi) is 8.63. The van der Waals surface area contributed by atoms with Gasteiger partial charge in [0.05, 0.1) is 33.8 Å². The molecule has 0 saturated carbocycles. The monoisotopic (exact) mass is 592 g/mol. The quantitative estimate of drug-likeness (QED) is 0.0871. The molecule has 1 amide bonds. The van der Waals surface area contributed by atoms with Crippen molar-refractivity contribution in [2.45, 2.75) is 49.7 Å². The maximum atomic E-state index is 13.8. The molecule has 40 heavy (non-hydrogen) atoms. The number of thioether (sulfide) groups is 1. The summed E-state index contributed by atoms with van der Waals surface area (Å²) in [6.07, 6.45) is 1.97. The number of unbranched alkanes of at least 4 members (excludes halogenated alkanes) is 1. The van der Waals surface area contributed by atoms with E-state index in [9.17, 15) is 14.7 Å². The summed E-state index contributed by atoms with van der Waals surface area (Å²) >= 11 is 4.01. The van der Waals surface area contributed by atoms with Crippen molar-refractivity contribution in [1.82, 2.24) is 15.2 Å². The zero-order chi connectivity index (χ0) is 28.2. The van der Waals surface area contributed by atoms with Crippen LogP contribution in [0.1, 0.15) is 57.3 Å². The number of anilines is 1. The molecule has 11 heteroatoms. The summed E-state index contributed by atoms with van der Waals surface area (Å²) in [5, 5.41) is 20.7. The third kappa shape index (κ3) is 5.81. The first kappa shape index (κ1) is 28.0. The normalized spacial score (nSPS) is 15.2. The van der Waals surface area contributed by atoms with E-state index >= 15 is 0 Å². The molecule has 0 spiro atoms. The molecule has 5 rings (SSSR count). The van der Waals surface area contributed by atoms with Gasteiger partial charge in [-0.2, -0.15) is 0 Å². The molecule has 1 unspecified atom stereocenters. The maximum absolute atomic E-state index is 13.8. The highest BCUT2D eigenvalue weighted by atomic mass is 32.2. The molecule has 0 fully saturated rings. The number of Topliss-reactive ketones (excluding diaryl/α,β-unsaturated/α-hetero) is 1. The van der Waals surface area contributed by atoms with E-state index in [0.29, 0.717) is 43.7 Å². The number of hydrogen-bond donors (Lipinski definition) is 1. The number of rotatable bonds is 11. The topological polar surface area (TPSA) is 106 Å². The first-order valence-electron chi connectivity index (χ1n) is 12.9. The Morgan fingerprint density at radius 2 is 1.82 bits per heavy atom. The van der Waals surface area contributed by atoms with Gasteiger partial charge in [-0.15, -0.1) is 21.5 Å². The number of thiazole rings is 1. The van der Waals surface area contributed by atoms with E-state index in [-0.39, 0.29) is 5.57 Å². The minimum atomic E-state index is -0.883. The summed E-state index contributed by atoms with van der Waals surface area (Å²) in [4.78, 5) is 33.5. The van der Waals surface area contributed by atoms with E-state index in [2.05, 4.69) is 22.1 Å². The molecule has 1 aliphatic heterocycles. The minimum absolute atomic E-state index is 0.00471. The third-order valence-electron chi connectivity index (χ3n) is 6.33. The van der Waals surface area contributed by atoms with E-state index in [4.69, 9.17) is 4.74 Å². The van der Waals surface area contributed by atoms with Gasteiger partial charge in [-0.25, -0.2) is 4.98 Å². The number of ether oxygens (including phenoxy) is 1. The fourth-order valence-corrected chi connectivity index (χ4v) is 7.07. The molecule has 1 N–H and O–H groups in total. The second-order valence-corrected chi connectivity index (χ2v) is 12.6. The molecule has 0 radical (unpaired) electrons. The Morgan fingerprint density at radius 3 is 2.50 bits per heavy atom. The summed E-state index contributed by atoms with van der Waals surface area (Å²) < 4.78 is 6.49. The van der Waals surface area contributed by atoms with Crippen LogP contribution in [0.25, 0.3) is 0 Å². The average molecular weight is 593 g/mol. The molecular weight excluding hydrogens is 565 g/mol. The van der Waals surface area contributed by atoms with E-state index in [1.54, 1.807) is 6.92 Å². The Morgan fingerprint density at radius 1 is 1.07 bits per heavy atom. The second kappa shape index (κ2) is 12.3. The van der Waals surface area contributed by atoms with Crippen molar-refractivity contribution in [2.24, 2.45) is 0 Å². The summed E-state index contributed by atoms with van der Waals surface area (Å²) in [6, 6.07) is 16.4. The van der Waals surface area contributed by atoms with Crippen LogP contribution in [0.2, 0.25) is 0 Å². The van der Waals surface area contributed by atoms with Crippen molar-refractivity contribution in [2.75, 3.05) is 11.5 Å². The first-order valence-corrected chi connectivity index (χ1v) is 15.5. The second-order valence-electron chi connectivity index (χ2n) is 9.21. The van der Waals surface area contributed by atoms with Crippen LogP contribution in [-0.2, 0) is 10.5 Å². The summed E-state index contributed by atoms with van der Waals surface area (Å²) in [7, 11) is 0. The van der Waals surface area contributed by atoms with E-state index in [1.807, 2.05) is 61.5 Å². The number of nitrogens with zero attached hydrogens (tertiary/aromatic N) is 4. The van der Waals surface area contributed by atoms with Crippen LogP contribution >= 0.6 is 34.4 Å². The third-order valence-corrected chi connectivity index (χ3v) is 9.53. The van der Waals surface area contributed by atoms with Crippen LogP contribution in [-0.4, -0.2) is 38.6 Å². The van der Waals surface area contributed by atoms with Gasteiger partial charge in [-0.1, -0.05) is 78.9 Å². The number of hydrogen-bond acceptors (Lipinski definition) is 10. The van der Waals surface area contributed by atoms with Crippen LogP contribution in [0.3, 0.4) is 0 Å². The Labute approximate surface area is 244 Å². The number of carbonyl (C=O) groups excluding carboxylic acids is 2. The SMILES string of the molecule is CCCCOc1ccc(C2C(C(=O)c3sc(C)nc3C)=C(O)C(=O)N2c2nnc(SCc3ccccc3)s2)cc1. The van der Waals surface area contributed by atoms with Crippen molar-refractivity contribution in [3.63, 3.8) is 0 Å². The summed E-state index contributed by atoms with van der Waals surface area (Å²) in [5.41, 5.74) is 2.36. The molecule has 206 valence electrons. The van der Waals surface area contributed by atoms with Gasteiger partial charge in [0.1, 0.15) is 5.75 Å². The number of amides is 1. The highest BCUT2D eigenvalue weighted by molar-refractivity contribution is 8.00. The highest BCUT2D eigenvalue weighted by Gasteiger charge is 2.46. The predicted octanol–water partition coefficient (Wildman–Crippen LogP) is 6.87. The number of aryl methyl sites for hydroxylation is 2. The van der Waals surface area contributed by atoms with Crippen molar-refractivity contribution in [3.8, 4) is 5.75 Å². The molecule has 2 aromatic carbocycles. The van der Waals surface area contributed by atoms with Gasteiger partial charge < -0.3 is 9.84 Å². The Balaban J connectivity index is 1.49. The highest BCUT2D eigenvalue weighted by Crippen LogP contribution is 2.44. The van der Waals surface area contributed by atoms with Gasteiger partial charge in [0.15, 0.2) is 10.1 Å². The van der Waals surface area contributed by atoms with Crippen molar-refractivity contribution in [1.29, 1.82) is 0 Å².